The molecule has 2 aliphatic heterocycles. The van der Waals surface area contributed by atoms with Crippen LogP contribution in [0.1, 0.15) is 92.6 Å². The summed E-state index contributed by atoms with van der Waals surface area (Å²) in [4.78, 5) is 55.9. The van der Waals surface area contributed by atoms with E-state index in [1.54, 1.807) is 44.3 Å². The average Bonchev–Trinajstić information content (AvgIpc) is 3.57. The van der Waals surface area contributed by atoms with Gasteiger partial charge in [0.25, 0.3) is 5.92 Å². The van der Waals surface area contributed by atoms with Crippen LogP contribution >= 0.6 is 0 Å². The summed E-state index contributed by atoms with van der Waals surface area (Å²) in [7, 11) is 0. The number of nitrogens with one attached hydrogen (secondary N) is 1. The molecule has 52 heavy (non-hydrogen) atoms. The van der Waals surface area contributed by atoms with Crippen molar-refractivity contribution in [2.75, 3.05) is 6.54 Å². The summed E-state index contributed by atoms with van der Waals surface area (Å²) in [6.45, 7) is 12.7. The van der Waals surface area contributed by atoms with Crippen molar-refractivity contribution >= 4 is 28.7 Å². The minimum absolute atomic E-state index is 0.0206. The minimum Gasteiger partial charge on any atom is -0.472 e. The minimum atomic E-state index is -3.30. The van der Waals surface area contributed by atoms with Crippen LogP contribution in [0, 0.1) is 23.2 Å². The van der Waals surface area contributed by atoms with E-state index in [1.165, 1.54) is 17.3 Å². The standard InChI is InChI=1S/C39H49F2N5O6/c1-8-26-29-20-46(31(26)32(47)22(2)3)35(48)33(37(4,5)6)45-36(49)52-38(7)19-24(38)11-9-10-15-39(40,41)27-17-23-12-13-25(18-28(23)44-34(27)51-29)50-30-14-16-42-21-43-30/h12-14,16-18,21-22,24,26,29,31,33H,8-11,15,19-20H2,1-7H3,(H,45,49). The molecule has 6 atom stereocenters. The lowest BCUT2D eigenvalue weighted by atomic mass is 9.84. The lowest BCUT2D eigenvalue weighted by Gasteiger charge is -2.36. The highest BCUT2D eigenvalue weighted by molar-refractivity contribution is 5.94. The van der Waals surface area contributed by atoms with Gasteiger partial charge in [0.15, 0.2) is 5.78 Å². The molecule has 6 unspecified atom stereocenters. The predicted molar refractivity (Wildman–Crippen MR) is 189 cm³/mol. The molecule has 0 radical (unpaired) electrons. The van der Waals surface area contributed by atoms with Gasteiger partial charge in [-0.1, -0.05) is 48.0 Å². The molecule has 2 aromatic heterocycles. The second-order valence-corrected chi connectivity index (χ2v) is 16.1. The first-order chi connectivity index (χ1) is 24.5. The molecular formula is C39H49F2N5O6. The molecule has 4 heterocycles. The van der Waals surface area contributed by atoms with Crippen molar-refractivity contribution in [3.8, 4) is 17.5 Å². The fraction of sp³-hybridized carbons (Fsp3) is 0.590. The van der Waals surface area contributed by atoms with Gasteiger partial charge in [0.1, 0.15) is 29.8 Å². The summed E-state index contributed by atoms with van der Waals surface area (Å²) in [5, 5.41) is 3.30. The first kappa shape index (κ1) is 37.3. The van der Waals surface area contributed by atoms with E-state index in [9.17, 15) is 14.4 Å². The molecule has 2 amide bonds. The number of amides is 2. The number of aromatic nitrogens is 3. The Morgan fingerprint density at radius 2 is 1.92 bits per heavy atom. The Morgan fingerprint density at radius 1 is 1.15 bits per heavy atom. The second-order valence-electron chi connectivity index (χ2n) is 16.1. The molecule has 3 aliphatic rings. The smallest absolute Gasteiger partial charge is 0.408 e. The lowest BCUT2D eigenvalue weighted by Crippen LogP contribution is -2.58. The SMILES string of the molecule is CCC1C2CN(C(=O)C(C(C)(C)C)NC(=O)OC3(C)CC3CCCCC(F)(F)c3cc4ccc(Oc5ccncn5)cc4nc3O2)C1C(=O)C(C)C. The third kappa shape index (κ3) is 7.68. The van der Waals surface area contributed by atoms with Crippen molar-refractivity contribution < 1.29 is 37.4 Å². The van der Waals surface area contributed by atoms with Gasteiger partial charge in [0.05, 0.1) is 23.7 Å². The summed E-state index contributed by atoms with van der Waals surface area (Å²) in [6.07, 6.45) is 3.28. The second kappa shape index (κ2) is 14.2. The number of hydrogen-bond donors (Lipinski definition) is 1. The topological polar surface area (TPSA) is 133 Å². The summed E-state index contributed by atoms with van der Waals surface area (Å²) < 4.78 is 51.0. The number of alkyl carbamates (subject to hydrolysis) is 1. The Bertz CT molecular complexity index is 1820. The highest BCUT2D eigenvalue weighted by atomic mass is 19.3. The van der Waals surface area contributed by atoms with Gasteiger partial charge in [0.2, 0.25) is 17.7 Å². The van der Waals surface area contributed by atoms with Crippen LogP contribution in [0.25, 0.3) is 10.9 Å². The van der Waals surface area contributed by atoms with Crippen LogP contribution in [0.3, 0.4) is 0 Å². The Labute approximate surface area is 303 Å². The van der Waals surface area contributed by atoms with Gasteiger partial charge in [0, 0.05) is 47.9 Å². The molecule has 3 aromatic rings. The molecule has 1 saturated carbocycles. The van der Waals surface area contributed by atoms with Crippen LogP contribution in [0.15, 0.2) is 42.9 Å². The summed E-state index contributed by atoms with van der Waals surface area (Å²) >= 11 is 0. The number of fused-ring (bicyclic) bond motifs is 5. The molecular weight excluding hydrogens is 672 g/mol. The van der Waals surface area contributed by atoms with E-state index in [4.69, 9.17) is 14.2 Å². The van der Waals surface area contributed by atoms with Gasteiger partial charge >= 0.3 is 6.09 Å². The van der Waals surface area contributed by atoms with E-state index in [0.717, 1.165) is 0 Å². The van der Waals surface area contributed by atoms with Crippen molar-refractivity contribution in [3.63, 3.8) is 0 Å². The number of ketones is 1. The van der Waals surface area contributed by atoms with Gasteiger partial charge in [-0.2, -0.15) is 0 Å². The molecule has 13 heteroatoms. The number of ether oxygens (including phenoxy) is 3. The zero-order chi connectivity index (χ0) is 37.6. The molecule has 2 bridgehead atoms. The Kier molecular flexibility index (Phi) is 10.2. The van der Waals surface area contributed by atoms with E-state index < -0.39 is 65.4 Å². The number of carbonyl (C=O) groups is 3. The number of benzene rings is 1. The predicted octanol–water partition coefficient (Wildman–Crippen LogP) is 7.61. The Balaban J connectivity index is 1.44. The average molecular weight is 722 g/mol. The molecule has 1 saturated heterocycles. The summed E-state index contributed by atoms with van der Waals surface area (Å²) in [5.41, 5.74) is -1.49. The largest absolute Gasteiger partial charge is 0.472 e. The number of hydrogen-bond acceptors (Lipinski definition) is 9. The van der Waals surface area contributed by atoms with E-state index >= 15 is 8.78 Å². The summed E-state index contributed by atoms with van der Waals surface area (Å²) in [6, 6.07) is 6.02. The molecule has 11 nitrogen and oxygen atoms in total. The number of pyridine rings is 1. The van der Waals surface area contributed by atoms with Crippen molar-refractivity contribution in [2.24, 2.45) is 23.2 Å². The number of halogens is 2. The van der Waals surface area contributed by atoms with E-state index in [1.807, 2.05) is 34.6 Å². The van der Waals surface area contributed by atoms with Crippen molar-refractivity contribution in [1.29, 1.82) is 0 Å². The zero-order valence-corrected chi connectivity index (χ0v) is 30.9. The maximum atomic E-state index is 16.4. The fourth-order valence-electron chi connectivity index (χ4n) is 7.58. The summed E-state index contributed by atoms with van der Waals surface area (Å²) in [5.74, 6) is -4.45. The van der Waals surface area contributed by atoms with Gasteiger partial charge < -0.3 is 24.4 Å². The van der Waals surface area contributed by atoms with Crippen molar-refractivity contribution in [1.82, 2.24) is 25.2 Å². The zero-order valence-electron chi connectivity index (χ0n) is 30.9. The van der Waals surface area contributed by atoms with Gasteiger partial charge in [-0.3, -0.25) is 9.59 Å². The number of carbonyl (C=O) groups excluding carboxylic acids is 3. The number of Topliss-reactive ketones (excluding diaryl/α,β-unsaturated/α-hetero) is 1. The molecule has 1 aromatic carbocycles. The molecule has 6 rings (SSSR count). The van der Waals surface area contributed by atoms with Crippen LogP contribution in [-0.4, -0.2) is 68.0 Å². The van der Waals surface area contributed by atoms with E-state index in [0.29, 0.717) is 48.2 Å². The van der Waals surface area contributed by atoms with E-state index in [-0.39, 0.29) is 36.1 Å². The Morgan fingerprint density at radius 3 is 2.60 bits per heavy atom. The van der Waals surface area contributed by atoms with Crippen LogP contribution < -0.4 is 14.8 Å². The number of alkyl halides is 2. The number of rotatable bonds is 5. The van der Waals surface area contributed by atoms with Gasteiger partial charge in [-0.15, -0.1) is 0 Å². The monoisotopic (exact) mass is 721 g/mol. The van der Waals surface area contributed by atoms with Crippen molar-refractivity contribution in [2.45, 2.75) is 117 Å². The third-order valence-electron chi connectivity index (χ3n) is 10.7. The highest BCUT2D eigenvalue weighted by Gasteiger charge is 2.55. The van der Waals surface area contributed by atoms with Crippen molar-refractivity contribution in [3.05, 3.63) is 48.4 Å². The first-order valence-electron chi connectivity index (χ1n) is 18.3. The van der Waals surface area contributed by atoms with Crippen LogP contribution in [0.5, 0.6) is 17.5 Å². The molecule has 2 fully saturated rings. The van der Waals surface area contributed by atoms with Crippen LogP contribution in [0.4, 0.5) is 13.6 Å². The molecule has 280 valence electrons. The van der Waals surface area contributed by atoms with Crippen LogP contribution in [0.2, 0.25) is 0 Å². The quantitative estimate of drug-likeness (QED) is 0.283. The van der Waals surface area contributed by atoms with Crippen LogP contribution in [-0.2, 0) is 20.2 Å². The normalized spacial score (nSPS) is 28.1. The maximum absolute atomic E-state index is 16.4. The lowest BCUT2D eigenvalue weighted by molar-refractivity contribution is -0.143. The maximum Gasteiger partial charge on any atom is 0.408 e. The number of nitrogens with zero attached hydrogens (tertiary/aromatic N) is 4. The van der Waals surface area contributed by atoms with Gasteiger partial charge in [-0.05, 0) is 56.2 Å². The fourth-order valence-corrected chi connectivity index (χ4v) is 7.58. The van der Waals surface area contributed by atoms with E-state index in [2.05, 4.69) is 20.3 Å². The molecule has 1 aliphatic carbocycles. The van der Waals surface area contributed by atoms with Gasteiger partial charge in [-0.25, -0.2) is 28.5 Å². The molecule has 1 N–H and O–H groups in total. The highest BCUT2D eigenvalue weighted by Crippen LogP contribution is 2.50. The molecule has 0 spiro atoms. The Hall–Kier alpha value is -4.42. The third-order valence-corrected chi connectivity index (χ3v) is 10.7. The first-order valence-corrected chi connectivity index (χ1v) is 18.3.